The zero-order valence-corrected chi connectivity index (χ0v) is 15.0. The molecule has 7 nitrogen and oxygen atoms in total. The van der Waals surface area contributed by atoms with Crippen LogP contribution in [0.25, 0.3) is 11.0 Å². The summed E-state index contributed by atoms with van der Waals surface area (Å²) in [5.74, 6) is -0.706. The van der Waals surface area contributed by atoms with Gasteiger partial charge in [0.25, 0.3) is 11.8 Å². The van der Waals surface area contributed by atoms with E-state index in [9.17, 15) is 14.4 Å². The predicted molar refractivity (Wildman–Crippen MR) is 100 cm³/mol. The van der Waals surface area contributed by atoms with Gasteiger partial charge in [-0.1, -0.05) is 12.1 Å². The van der Waals surface area contributed by atoms with Crippen LogP contribution < -0.4 is 15.5 Å². The number of hydrogen-bond acceptors (Lipinski definition) is 4. The van der Waals surface area contributed by atoms with Crippen LogP contribution in [0.5, 0.6) is 0 Å². The minimum absolute atomic E-state index is 0.163. The lowest BCUT2D eigenvalue weighted by atomic mass is 10.1. The van der Waals surface area contributed by atoms with Gasteiger partial charge in [-0.05, 0) is 24.3 Å². The van der Waals surface area contributed by atoms with Gasteiger partial charge in [-0.3, -0.25) is 18.7 Å². The van der Waals surface area contributed by atoms with Crippen molar-refractivity contribution in [1.82, 2.24) is 9.13 Å². The van der Waals surface area contributed by atoms with E-state index in [4.69, 9.17) is 0 Å². The molecule has 0 N–H and O–H groups in total. The molecule has 0 radical (unpaired) electrons. The number of imide groups is 1. The molecule has 1 aliphatic rings. The Morgan fingerprint density at radius 2 is 1.31 bits per heavy atom. The number of carbonyl (C=O) groups is 2. The lowest BCUT2D eigenvalue weighted by molar-refractivity contribution is 0.0926. The molecule has 132 valence electrons. The van der Waals surface area contributed by atoms with Gasteiger partial charge in [0.2, 0.25) is 0 Å². The van der Waals surface area contributed by atoms with E-state index < -0.39 is 0 Å². The van der Waals surface area contributed by atoms with E-state index in [2.05, 4.69) is 0 Å². The molecule has 3 aromatic rings. The largest absolute Gasteiger partial charge is 0.376 e. The maximum Gasteiger partial charge on any atom is 0.328 e. The number of imidazole rings is 1. The Morgan fingerprint density at radius 1 is 0.808 bits per heavy atom. The molecular weight excluding hydrogens is 332 g/mol. The predicted octanol–water partition coefficient (Wildman–Crippen LogP) is 1.74. The third kappa shape index (κ3) is 1.97. The summed E-state index contributed by atoms with van der Waals surface area (Å²) in [6.45, 7) is 0. The normalized spacial score (nSPS) is 13.6. The lowest BCUT2D eigenvalue weighted by Crippen LogP contribution is -2.31. The molecule has 0 unspecified atom stereocenters. The van der Waals surface area contributed by atoms with Crippen molar-refractivity contribution in [2.75, 3.05) is 23.9 Å². The van der Waals surface area contributed by atoms with E-state index in [1.54, 1.807) is 49.0 Å². The van der Waals surface area contributed by atoms with Gasteiger partial charge < -0.3 is 4.90 Å². The quantitative estimate of drug-likeness (QED) is 0.661. The van der Waals surface area contributed by atoms with Crippen molar-refractivity contribution < 1.29 is 9.59 Å². The highest BCUT2D eigenvalue weighted by molar-refractivity contribution is 6.35. The number of rotatable bonds is 2. The van der Waals surface area contributed by atoms with Crippen LogP contribution in [0.2, 0.25) is 0 Å². The summed E-state index contributed by atoms with van der Waals surface area (Å²) in [4.78, 5) is 41.1. The number of nitrogens with zero attached hydrogens (tertiary/aromatic N) is 4. The molecule has 4 rings (SSSR count). The molecule has 0 saturated heterocycles. The molecular formula is C19H18N4O3. The molecule has 0 atom stereocenters. The average molecular weight is 350 g/mol. The standard InChI is InChI=1S/C19H18N4O3/c1-20(2)13-9-14-15(22(4)19(26)21(14)3)10-16(13)23-17(24)11-7-5-6-8-12(11)18(23)25/h5-10H,1-4H3. The maximum absolute atomic E-state index is 12.9. The first-order valence-corrected chi connectivity index (χ1v) is 8.17. The van der Waals surface area contributed by atoms with Crippen molar-refractivity contribution >= 4 is 34.2 Å². The SMILES string of the molecule is CN(C)c1cc2c(cc1N1C(=O)c3ccccc3C1=O)n(C)c(=O)n2C. The summed E-state index contributed by atoms with van der Waals surface area (Å²) in [7, 11) is 7.05. The summed E-state index contributed by atoms with van der Waals surface area (Å²) in [5, 5.41) is 0. The summed E-state index contributed by atoms with van der Waals surface area (Å²) in [5.41, 5.74) is 3.18. The second-order valence-electron chi connectivity index (χ2n) is 6.62. The highest BCUT2D eigenvalue weighted by Crippen LogP contribution is 2.37. The number of aromatic nitrogens is 2. The first-order valence-electron chi connectivity index (χ1n) is 8.17. The molecule has 1 aromatic heterocycles. The van der Waals surface area contributed by atoms with E-state index in [1.807, 2.05) is 25.1 Å². The Hall–Kier alpha value is -3.35. The first kappa shape index (κ1) is 16.1. The van der Waals surface area contributed by atoms with Crippen molar-refractivity contribution in [3.8, 4) is 0 Å². The molecule has 0 aliphatic carbocycles. The van der Waals surface area contributed by atoms with Crippen LogP contribution in [-0.2, 0) is 14.1 Å². The Labute approximate surface area is 149 Å². The van der Waals surface area contributed by atoms with Gasteiger partial charge in [0.1, 0.15) is 0 Å². The smallest absolute Gasteiger partial charge is 0.328 e. The molecule has 2 amide bonds. The third-order valence-corrected chi connectivity index (χ3v) is 4.89. The van der Waals surface area contributed by atoms with Gasteiger partial charge in [-0.15, -0.1) is 0 Å². The number of fused-ring (bicyclic) bond motifs is 2. The third-order valence-electron chi connectivity index (χ3n) is 4.89. The van der Waals surface area contributed by atoms with Gasteiger partial charge in [0.05, 0.1) is 33.5 Å². The molecule has 0 bridgehead atoms. The number of aryl methyl sites for hydroxylation is 2. The number of amides is 2. The van der Waals surface area contributed by atoms with Crippen molar-refractivity contribution in [3.63, 3.8) is 0 Å². The van der Waals surface area contributed by atoms with Crippen LogP contribution in [-0.4, -0.2) is 35.0 Å². The molecule has 26 heavy (non-hydrogen) atoms. The first-order chi connectivity index (χ1) is 12.3. The van der Waals surface area contributed by atoms with Crippen LogP contribution in [0.1, 0.15) is 20.7 Å². The van der Waals surface area contributed by atoms with E-state index >= 15 is 0 Å². The van der Waals surface area contributed by atoms with Gasteiger partial charge in [-0.25, -0.2) is 9.69 Å². The average Bonchev–Trinajstić information content (AvgIpc) is 3.00. The van der Waals surface area contributed by atoms with Crippen molar-refractivity contribution in [2.45, 2.75) is 0 Å². The summed E-state index contributed by atoms with van der Waals surface area (Å²) < 4.78 is 3.06. The van der Waals surface area contributed by atoms with E-state index in [0.29, 0.717) is 28.0 Å². The van der Waals surface area contributed by atoms with E-state index in [1.165, 1.54) is 9.47 Å². The van der Waals surface area contributed by atoms with E-state index in [-0.39, 0.29) is 17.5 Å². The van der Waals surface area contributed by atoms with Gasteiger partial charge >= 0.3 is 5.69 Å². The van der Waals surface area contributed by atoms with Crippen LogP contribution in [0, 0.1) is 0 Å². The van der Waals surface area contributed by atoms with E-state index in [0.717, 1.165) is 5.52 Å². The minimum Gasteiger partial charge on any atom is -0.376 e. The topological polar surface area (TPSA) is 67.6 Å². The molecule has 0 fully saturated rings. The number of benzene rings is 2. The summed E-state index contributed by atoms with van der Waals surface area (Å²) in [6.07, 6.45) is 0. The lowest BCUT2D eigenvalue weighted by Gasteiger charge is -2.23. The monoisotopic (exact) mass is 350 g/mol. The summed E-state index contributed by atoms with van der Waals surface area (Å²) in [6, 6.07) is 10.3. The molecule has 2 aromatic carbocycles. The number of anilines is 2. The van der Waals surface area contributed by atoms with Gasteiger partial charge in [0.15, 0.2) is 0 Å². The summed E-state index contributed by atoms with van der Waals surface area (Å²) >= 11 is 0. The van der Waals surface area contributed by atoms with Crippen LogP contribution in [0.4, 0.5) is 11.4 Å². The van der Waals surface area contributed by atoms with Gasteiger partial charge in [-0.2, -0.15) is 0 Å². The van der Waals surface area contributed by atoms with Crippen LogP contribution in [0.15, 0.2) is 41.2 Å². The zero-order chi connectivity index (χ0) is 18.7. The Morgan fingerprint density at radius 3 is 1.81 bits per heavy atom. The number of carbonyl (C=O) groups excluding carboxylic acids is 2. The Bertz CT molecular complexity index is 1120. The zero-order valence-electron chi connectivity index (χ0n) is 15.0. The van der Waals surface area contributed by atoms with Crippen LogP contribution >= 0.6 is 0 Å². The fourth-order valence-corrected chi connectivity index (χ4v) is 3.47. The second kappa shape index (κ2) is 5.32. The maximum atomic E-state index is 12.9. The van der Waals surface area contributed by atoms with Gasteiger partial charge in [0, 0.05) is 28.2 Å². The van der Waals surface area contributed by atoms with Crippen molar-refractivity contribution in [3.05, 3.63) is 58.0 Å². The number of hydrogen-bond donors (Lipinski definition) is 0. The second-order valence-corrected chi connectivity index (χ2v) is 6.62. The highest BCUT2D eigenvalue weighted by atomic mass is 16.2. The van der Waals surface area contributed by atoms with Crippen molar-refractivity contribution in [1.29, 1.82) is 0 Å². The fourth-order valence-electron chi connectivity index (χ4n) is 3.47. The molecule has 1 aliphatic heterocycles. The minimum atomic E-state index is -0.353. The Balaban J connectivity index is 2.01. The van der Waals surface area contributed by atoms with Crippen LogP contribution in [0.3, 0.4) is 0 Å². The molecule has 0 spiro atoms. The van der Waals surface area contributed by atoms with Crippen molar-refractivity contribution in [2.24, 2.45) is 14.1 Å². The Kier molecular flexibility index (Phi) is 3.30. The molecule has 2 heterocycles. The molecule has 7 heteroatoms. The molecule has 0 saturated carbocycles. The highest BCUT2D eigenvalue weighted by Gasteiger charge is 2.38. The fraction of sp³-hybridized carbons (Fsp3) is 0.211.